The molecule has 1 rings (SSSR count). The largest absolute Gasteiger partial charge is 1.00 e. The van der Waals surface area contributed by atoms with Crippen LogP contribution in [0, 0.1) is 0 Å². The number of aryl methyl sites for hydroxylation is 1. The molecule has 74 valence electrons. The Balaban J connectivity index is 0.00000144. The van der Waals surface area contributed by atoms with Crippen molar-refractivity contribution in [2.75, 3.05) is 6.26 Å². The van der Waals surface area contributed by atoms with Crippen LogP contribution in [0.1, 0.15) is 0 Å². The maximum Gasteiger partial charge on any atom is 0.306 e. The van der Waals surface area contributed by atoms with Gasteiger partial charge in [-0.3, -0.25) is 0 Å². The Morgan fingerprint density at radius 2 is 2.08 bits per heavy atom. The molecule has 0 atom stereocenters. The molecular formula is C7H10INO3S. The smallest absolute Gasteiger partial charge is 0.306 e. The van der Waals surface area contributed by atoms with E-state index < -0.39 is 10.1 Å². The fraction of sp³-hybridized carbons (Fsp3) is 0.286. The zero-order chi connectivity index (χ0) is 9.19. The fourth-order valence-electron chi connectivity index (χ4n) is 0.784. The van der Waals surface area contributed by atoms with Crippen LogP contribution in [0.4, 0.5) is 0 Å². The van der Waals surface area contributed by atoms with Crippen LogP contribution in [0.2, 0.25) is 0 Å². The summed E-state index contributed by atoms with van der Waals surface area (Å²) >= 11 is 0. The summed E-state index contributed by atoms with van der Waals surface area (Å²) in [6.07, 6.45) is 4.39. The third-order valence-corrected chi connectivity index (χ3v) is 1.66. The van der Waals surface area contributed by atoms with E-state index in [4.69, 9.17) is 0 Å². The van der Waals surface area contributed by atoms with Gasteiger partial charge in [0, 0.05) is 6.07 Å². The number of rotatable bonds is 2. The molecule has 1 aromatic rings. The van der Waals surface area contributed by atoms with E-state index in [9.17, 15) is 8.42 Å². The third-order valence-electron chi connectivity index (χ3n) is 1.16. The zero-order valence-electron chi connectivity index (χ0n) is 7.27. The highest BCUT2D eigenvalue weighted by molar-refractivity contribution is 7.86. The normalized spacial score (nSPS) is 10.3. The van der Waals surface area contributed by atoms with Gasteiger partial charge in [0.15, 0.2) is 6.20 Å². The molecular weight excluding hydrogens is 305 g/mol. The summed E-state index contributed by atoms with van der Waals surface area (Å²) in [7, 11) is -1.62. The summed E-state index contributed by atoms with van der Waals surface area (Å²) in [5.74, 6) is 0.322. The first-order chi connectivity index (χ1) is 5.47. The van der Waals surface area contributed by atoms with Crippen molar-refractivity contribution in [3.63, 3.8) is 0 Å². The summed E-state index contributed by atoms with van der Waals surface area (Å²) in [5.41, 5.74) is 0. The van der Waals surface area contributed by atoms with Crippen molar-refractivity contribution in [1.82, 2.24) is 0 Å². The first-order valence-corrected chi connectivity index (χ1v) is 5.14. The van der Waals surface area contributed by atoms with Gasteiger partial charge in [-0.1, -0.05) is 0 Å². The predicted octanol–water partition coefficient (Wildman–Crippen LogP) is -3.15. The maximum absolute atomic E-state index is 10.7. The van der Waals surface area contributed by atoms with Crippen molar-refractivity contribution in [3.05, 3.63) is 24.5 Å². The molecule has 0 amide bonds. The average molecular weight is 315 g/mol. The molecule has 0 saturated heterocycles. The number of nitrogens with zero attached hydrogens (tertiary/aromatic N) is 1. The van der Waals surface area contributed by atoms with Gasteiger partial charge in [-0.2, -0.15) is 8.42 Å². The molecule has 0 fully saturated rings. The van der Waals surface area contributed by atoms with Gasteiger partial charge in [-0.05, 0) is 6.07 Å². The Morgan fingerprint density at radius 1 is 1.46 bits per heavy atom. The molecule has 13 heavy (non-hydrogen) atoms. The molecule has 0 bridgehead atoms. The molecule has 6 heteroatoms. The molecule has 0 N–H and O–H groups in total. The van der Waals surface area contributed by atoms with E-state index in [0.717, 1.165) is 6.26 Å². The predicted molar refractivity (Wildman–Crippen MR) is 43.1 cm³/mol. The van der Waals surface area contributed by atoms with Gasteiger partial charge in [0.1, 0.15) is 7.05 Å². The minimum atomic E-state index is -3.41. The Morgan fingerprint density at radius 3 is 2.54 bits per heavy atom. The van der Waals surface area contributed by atoms with Crippen molar-refractivity contribution in [2.24, 2.45) is 7.05 Å². The number of halogens is 1. The standard InChI is InChI=1S/C7H10NO3S.HI/c1-8-5-3-4-7(6-8)11-12(2,9)10;/h3-6H,1-2H3;1H/q+1;/p-1. The highest BCUT2D eigenvalue weighted by atomic mass is 127. The van der Waals surface area contributed by atoms with Crippen LogP contribution in [0.15, 0.2) is 24.5 Å². The second-order valence-electron chi connectivity index (χ2n) is 2.49. The summed E-state index contributed by atoms with van der Waals surface area (Å²) < 4.78 is 27.7. The van der Waals surface area contributed by atoms with E-state index in [0.29, 0.717) is 5.75 Å². The SMILES string of the molecule is C[n+]1cccc(OS(C)(=O)=O)c1.[I-]. The van der Waals surface area contributed by atoms with Crippen LogP contribution >= 0.6 is 0 Å². The fourth-order valence-corrected chi connectivity index (χ4v) is 1.23. The monoisotopic (exact) mass is 315 g/mol. The number of aromatic nitrogens is 1. The van der Waals surface area contributed by atoms with Gasteiger partial charge in [0.25, 0.3) is 0 Å². The lowest BCUT2D eigenvalue weighted by molar-refractivity contribution is -0.671. The van der Waals surface area contributed by atoms with E-state index >= 15 is 0 Å². The minimum Gasteiger partial charge on any atom is -1.00 e. The molecule has 0 aliphatic rings. The van der Waals surface area contributed by atoms with E-state index in [1.165, 1.54) is 0 Å². The Bertz CT molecular complexity index is 377. The van der Waals surface area contributed by atoms with E-state index in [1.54, 1.807) is 36.1 Å². The first-order valence-electron chi connectivity index (χ1n) is 3.32. The maximum atomic E-state index is 10.7. The van der Waals surface area contributed by atoms with Crippen molar-refractivity contribution < 1.29 is 41.1 Å². The Hall–Kier alpha value is -0.370. The molecule has 1 heterocycles. The number of hydrogen-bond acceptors (Lipinski definition) is 3. The van der Waals surface area contributed by atoms with Crippen LogP contribution < -0.4 is 32.7 Å². The lowest BCUT2D eigenvalue weighted by Crippen LogP contribution is -3.00. The molecule has 4 nitrogen and oxygen atoms in total. The Kier molecular flexibility index (Phi) is 4.62. The van der Waals surface area contributed by atoms with Crippen LogP contribution in [0.3, 0.4) is 0 Å². The molecule has 0 aromatic carbocycles. The van der Waals surface area contributed by atoms with E-state index in [2.05, 4.69) is 4.18 Å². The van der Waals surface area contributed by atoms with Crippen molar-refractivity contribution >= 4 is 10.1 Å². The molecule has 0 saturated carbocycles. The van der Waals surface area contributed by atoms with Gasteiger partial charge in [-0.25, -0.2) is 4.57 Å². The van der Waals surface area contributed by atoms with Crippen LogP contribution in [-0.2, 0) is 17.2 Å². The Labute approximate surface area is 94.7 Å². The van der Waals surface area contributed by atoms with Crippen LogP contribution in [-0.4, -0.2) is 14.7 Å². The average Bonchev–Trinajstić information content (AvgIpc) is 1.82. The summed E-state index contributed by atoms with van der Waals surface area (Å²) in [6, 6.07) is 3.29. The lowest BCUT2D eigenvalue weighted by Gasteiger charge is -1.98. The summed E-state index contributed by atoms with van der Waals surface area (Å²) in [5, 5.41) is 0. The second kappa shape index (κ2) is 4.75. The molecule has 1 aromatic heterocycles. The second-order valence-corrected chi connectivity index (χ2v) is 4.07. The van der Waals surface area contributed by atoms with Crippen LogP contribution in [0.5, 0.6) is 5.75 Å². The quantitative estimate of drug-likeness (QED) is 0.329. The topological polar surface area (TPSA) is 47.2 Å². The number of hydrogen-bond donors (Lipinski definition) is 0. The first kappa shape index (κ1) is 12.6. The molecule has 0 unspecified atom stereocenters. The van der Waals surface area contributed by atoms with E-state index in [-0.39, 0.29) is 24.0 Å². The van der Waals surface area contributed by atoms with Gasteiger partial charge in [0.2, 0.25) is 11.9 Å². The van der Waals surface area contributed by atoms with Crippen molar-refractivity contribution in [3.8, 4) is 5.75 Å². The molecule has 0 aliphatic carbocycles. The van der Waals surface area contributed by atoms with Gasteiger partial charge < -0.3 is 28.2 Å². The summed E-state index contributed by atoms with van der Waals surface area (Å²) in [6.45, 7) is 0. The minimum absolute atomic E-state index is 0. The van der Waals surface area contributed by atoms with Crippen molar-refractivity contribution in [2.45, 2.75) is 0 Å². The van der Waals surface area contributed by atoms with Crippen molar-refractivity contribution in [1.29, 1.82) is 0 Å². The third kappa shape index (κ3) is 5.04. The summed E-state index contributed by atoms with van der Waals surface area (Å²) in [4.78, 5) is 0. The van der Waals surface area contributed by atoms with Gasteiger partial charge >= 0.3 is 10.1 Å². The lowest BCUT2D eigenvalue weighted by atomic mass is 10.5. The zero-order valence-corrected chi connectivity index (χ0v) is 10.2. The van der Waals surface area contributed by atoms with Gasteiger partial charge in [0.05, 0.1) is 6.26 Å². The highest BCUT2D eigenvalue weighted by Crippen LogP contribution is 2.07. The molecule has 0 aliphatic heterocycles. The molecule has 0 spiro atoms. The van der Waals surface area contributed by atoms with Gasteiger partial charge in [-0.15, -0.1) is 0 Å². The van der Waals surface area contributed by atoms with E-state index in [1.807, 2.05) is 0 Å². The highest BCUT2D eigenvalue weighted by Gasteiger charge is 2.06. The van der Waals surface area contributed by atoms with Crippen LogP contribution in [0.25, 0.3) is 0 Å². The molecule has 0 radical (unpaired) electrons. The number of pyridine rings is 1.